The molecule has 6 nitrogen and oxygen atoms in total. The van der Waals surface area contributed by atoms with Gasteiger partial charge in [0.1, 0.15) is 18.1 Å². The van der Waals surface area contributed by atoms with Gasteiger partial charge >= 0.3 is 6.03 Å². The van der Waals surface area contributed by atoms with E-state index in [9.17, 15) is 14.0 Å². The van der Waals surface area contributed by atoms with Crippen LogP contribution in [0.25, 0.3) is 6.08 Å². The first-order valence-corrected chi connectivity index (χ1v) is 9.60. The van der Waals surface area contributed by atoms with Crippen LogP contribution >= 0.6 is 11.6 Å². The third-order valence-corrected chi connectivity index (χ3v) is 4.53. The molecule has 3 amide bonds. The molecular formula is C22H20ClFN2O4. The van der Waals surface area contributed by atoms with Crippen LogP contribution in [-0.4, -0.2) is 30.0 Å². The average Bonchev–Trinajstić information content (AvgIpc) is 2.96. The first-order valence-electron chi connectivity index (χ1n) is 9.22. The monoisotopic (exact) mass is 430 g/mol. The van der Waals surface area contributed by atoms with Crippen molar-refractivity contribution in [2.75, 3.05) is 13.2 Å². The molecule has 1 heterocycles. The largest absolute Gasteiger partial charge is 0.490 e. The standard InChI is InChI=1S/C22H20ClFN2O4/c1-3-9-26-21(27)18(25-22(26)28)11-14-10-16(23)20(19(12-14)29-4-2)30-13-15-7-5-6-8-17(15)24/h3,5-8,10-12H,1,4,9,13H2,2H3,(H,25,28)/b18-11+. The van der Waals surface area contributed by atoms with Gasteiger partial charge in [0.05, 0.1) is 11.6 Å². The van der Waals surface area contributed by atoms with Gasteiger partial charge in [-0.1, -0.05) is 35.9 Å². The topological polar surface area (TPSA) is 67.9 Å². The molecule has 0 aromatic heterocycles. The third-order valence-electron chi connectivity index (χ3n) is 4.25. The molecule has 1 aliphatic heterocycles. The highest BCUT2D eigenvalue weighted by atomic mass is 35.5. The predicted molar refractivity (Wildman–Crippen MR) is 112 cm³/mol. The maximum atomic E-state index is 13.9. The molecule has 1 fully saturated rings. The number of urea groups is 1. The van der Waals surface area contributed by atoms with E-state index >= 15 is 0 Å². The van der Waals surface area contributed by atoms with Crippen LogP contribution in [0.3, 0.4) is 0 Å². The van der Waals surface area contributed by atoms with Crippen LogP contribution in [0.4, 0.5) is 9.18 Å². The molecule has 0 aliphatic carbocycles. The third kappa shape index (κ3) is 4.63. The Labute approximate surface area is 178 Å². The number of benzene rings is 2. The molecule has 0 radical (unpaired) electrons. The minimum Gasteiger partial charge on any atom is -0.490 e. The summed E-state index contributed by atoms with van der Waals surface area (Å²) < 4.78 is 25.2. The van der Waals surface area contributed by atoms with Crippen molar-refractivity contribution in [1.29, 1.82) is 0 Å². The van der Waals surface area contributed by atoms with E-state index in [4.69, 9.17) is 21.1 Å². The van der Waals surface area contributed by atoms with Gasteiger partial charge in [-0.15, -0.1) is 6.58 Å². The Hall–Kier alpha value is -3.32. The second-order valence-electron chi connectivity index (χ2n) is 6.34. The molecule has 1 saturated heterocycles. The second-order valence-corrected chi connectivity index (χ2v) is 6.74. The first kappa shape index (κ1) is 21.4. The Bertz CT molecular complexity index is 1020. The van der Waals surface area contributed by atoms with Crippen molar-refractivity contribution in [1.82, 2.24) is 10.2 Å². The Kier molecular flexibility index (Phi) is 6.74. The van der Waals surface area contributed by atoms with E-state index in [2.05, 4.69) is 11.9 Å². The molecule has 0 unspecified atom stereocenters. The Morgan fingerprint density at radius 3 is 2.70 bits per heavy atom. The number of hydrogen-bond donors (Lipinski definition) is 1. The van der Waals surface area contributed by atoms with Gasteiger partial charge in [-0.3, -0.25) is 9.69 Å². The number of hydrogen-bond acceptors (Lipinski definition) is 4. The van der Waals surface area contributed by atoms with E-state index in [1.807, 2.05) is 0 Å². The highest BCUT2D eigenvalue weighted by Gasteiger charge is 2.32. The Morgan fingerprint density at radius 2 is 2.00 bits per heavy atom. The fourth-order valence-corrected chi connectivity index (χ4v) is 3.15. The van der Waals surface area contributed by atoms with Crippen molar-refractivity contribution in [2.24, 2.45) is 0 Å². The minimum atomic E-state index is -0.521. The SMILES string of the molecule is C=CCN1C(=O)N/C(=C/c2cc(Cl)c(OCc3ccccc3F)c(OCC)c2)C1=O. The molecule has 2 aromatic rings. The lowest BCUT2D eigenvalue weighted by Gasteiger charge is -2.15. The van der Waals surface area contributed by atoms with Gasteiger partial charge in [-0.2, -0.15) is 0 Å². The second kappa shape index (κ2) is 9.45. The molecule has 0 atom stereocenters. The molecule has 8 heteroatoms. The summed E-state index contributed by atoms with van der Waals surface area (Å²) in [5.74, 6) is -0.242. The van der Waals surface area contributed by atoms with Crippen LogP contribution in [0.2, 0.25) is 5.02 Å². The van der Waals surface area contributed by atoms with Crippen molar-refractivity contribution >= 4 is 29.6 Å². The summed E-state index contributed by atoms with van der Waals surface area (Å²) in [6.45, 7) is 5.75. The molecule has 156 valence electrons. The van der Waals surface area contributed by atoms with Gasteiger partial charge in [-0.05, 0) is 36.8 Å². The molecule has 2 aromatic carbocycles. The Balaban J connectivity index is 1.88. The van der Waals surface area contributed by atoms with E-state index < -0.39 is 11.9 Å². The van der Waals surface area contributed by atoms with E-state index in [1.165, 1.54) is 18.2 Å². The van der Waals surface area contributed by atoms with Crippen LogP contribution in [0.15, 0.2) is 54.8 Å². The van der Waals surface area contributed by atoms with Crippen molar-refractivity contribution in [3.05, 3.63) is 76.7 Å². The summed E-state index contributed by atoms with van der Waals surface area (Å²) in [4.78, 5) is 25.3. The Morgan fingerprint density at radius 1 is 1.23 bits per heavy atom. The zero-order valence-electron chi connectivity index (χ0n) is 16.3. The van der Waals surface area contributed by atoms with E-state index in [0.29, 0.717) is 23.5 Å². The van der Waals surface area contributed by atoms with Crippen LogP contribution < -0.4 is 14.8 Å². The molecule has 1 N–H and O–H groups in total. The number of amides is 3. The molecular weight excluding hydrogens is 411 g/mol. The fourth-order valence-electron chi connectivity index (χ4n) is 2.87. The van der Waals surface area contributed by atoms with Crippen molar-refractivity contribution in [2.45, 2.75) is 13.5 Å². The van der Waals surface area contributed by atoms with Crippen LogP contribution in [0.1, 0.15) is 18.1 Å². The normalized spacial score (nSPS) is 14.8. The number of nitrogens with one attached hydrogen (secondary N) is 1. The highest BCUT2D eigenvalue weighted by molar-refractivity contribution is 6.32. The number of nitrogens with zero attached hydrogens (tertiary/aromatic N) is 1. The first-order chi connectivity index (χ1) is 14.4. The van der Waals surface area contributed by atoms with Crippen molar-refractivity contribution < 1.29 is 23.5 Å². The zero-order valence-corrected chi connectivity index (χ0v) is 17.0. The molecule has 0 saturated carbocycles. The maximum Gasteiger partial charge on any atom is 0.329 e. The number of carbonyl (C=O) groups is 2. The predicted octanol–water partition coefficient (Wildman–Crippen LogP) is 4.54. The van der Waals surface area contributed by atoms with Crippen LogP contribution in [0, 0.1) is 5.82 Å². The molecule has 0 spiro atoms. The minimum absolute atomic E-state index is 0.0298. The van der Waals surface area contributed by atoms with Gasteiger partial charge < -0.3 is 14.8 Å². The van der Waals surface area contributed by atoms with Crippen molar-refractivity contribution in [3.8, 4) is 11.5 Å². The van der Waals surface area contributed by atoms with Gasteiger partial charge in [-0.25, -0.2) is 9.18 Å². The molecule has 30 heavy (non-hydrogen) atoms. The summed E-state index contributed by atoms with van der Waals surface area (Å²) in [6, 6.07) is 8.96. The summed E-state index contributed by atoms with van der Waals surface area (Å²) in [6.07, 6.45) is 2.96. The number of rotatable bonds is 8. The number of carbonyl (C=O) groups excluding carboxylic acids is 2. The molecule has 0 bridgehead atoms. The van der Waals surface area contributed by atoms with E-state index in [-0.39, 0.29) is 35.4 Å². The lowest BCUT2D eigenvalue weighted by atomic mass is 10.1. The zero-order chi connectivity index (χ0) is 21.7. The summed E-state index contributed by atoms with van der Waals surface area (Å²) >= 11 is 6.38. The van der Waals surface area contributed by atoms with Gasteiger partial charge in [0.25, 0.3) is 5.91 Å². The fraction of sp³-hybridized carbons (Fsp3) is 0.182. The number of imide groups is 1. The lowest BCUT2D eigenvalue weighted by Crippen LogP contribution is -2.30. The maximum absolute atomic E-state index is 13.9. The van der Waals surface area contributed by atoms with E-state index in [0.717, 1.165) is 4.90 Å². The summed E-state index contributed by atoms with van der Waals surface area (Å²) in [7, 11) is 0. The highest BCUT2D eigenvalue weighted by Crippen LogP contribution is 2.38. The van der Waals surface area contributed by atoms with Crippen LogP contribution in [0.5, 0.6) is 11.5 Å². The van der Waals surface area contributed by atoms with E-state index in [1.54, 1.807) is 37.3 Å². The average molecular weight is 431 g/mol. The van der Waals surface area contributed by atoms with Gasteiger partial charge in [0, 0.05) is 12.1 Å². The van der Waals surface area contributed by atoms with Crippen LogP contribution in [-0.2, 0) is 11.4 Å². The summed E-state index contributed by atoms with van der Waals surface area (Å²) in [5, 5.41) is 2.75. The molecule has 1 aliphatic rings. The lowest BCUT2D eigenvalue weighted by molar-refractivity contribution is -0.122. The van der Waals surface area contributed by atoms with Gasteiger partial charge in [0.15, 0.2) is 11.5 Å². The molecule has 3 rings (SSSR count). The number of halogens is 2. The smallest absolute Gasteiger partial charge is 0.329 e. The van der Waals surface area contributed by atoms with Crippen molar-refractivity contribution in [3.63, 3.8) is 0 Å². The quantitative estimate of drug-likeness (QED) is 0.379. The summed E-state index contributed by atoms with van der Waals surface area (Å²) in [5.41, 5.74) is 1.02. The van der Waals surface area contributed by atoms with Gasteiger partial charge in [0.2, 0.25) is 0 Å². The number of ether oxygens (including phenoxy) is 2.